The fraction of sp³-hybridized carbons (Fsp3) is 0.429. The van der Waals surface area contributed by atoms with Crippen LogP contribution in [0.1, 0.15) is 42.1 Å². The number of nitrogens with zero attached hydrogens (tertiary/aromatic N) is 2. The van der Waals surface area contributed by atoms with Crippen molar-refractivity contribution >= 4 is 34.5 Å². The van der Waals surface area contributed by atoms with Gasteiger partial charge in [0.25, 0.3) is 11.5 Å². The van der Waals surface area contributed by atoms with E-state index in [9.17, 15) is 14.4 Å². The minimum Gasteiger partial charge on any atom is -0.383 e. The molecule has 202 valence electrons. The molecule has 9 nitrogen and oxygen atoms in total. The Hall–Kier alpha value is -3.21. The number of amides is 2. The fourth-order valence-electron chi connectivity index (χ4n) is 4.27. The molecular formula is C28H34N4O5S. The first-order chi connectivity index (χ1) is 18.5. The summed E-state index contributed by atoms with van der Waals surface area (Å²) in [6, 6.07) is 14.4. The second-order valence-electron chi connectivity index (χ2n) is 9.14. The molecule has 4 rings (SSSR count). The van der Waals surface area contributed by atoms with Crippen LogP contribution in [-0.2, 0) is 20.8 Å². The predicted octanol–water partition coefficient (Wildman–Crippen LogP) is 2.99. The van der Waals surface area contributed by atoms with Crippen molar-refractivity contribution in [3.63, 3.8) is 0 Å². The number of benzene rings is 2. The largest absolute Gasteiger partial charge is 0.383 e. The standard InChI is InChI=1S/C28H34N4O5S/c1-3-24(26(34)29-14-16-36-2)38-28-31-23-9-5-4-8-22(23)27(35)32(28)18-19-10-12-20(13-11-19)25(33)30-17-21-7-6-15-37-21/h4-5,8-13,21,24H,3,6-7,14-18H2,1-2H3,(H,29,34)(H,30,33)/t21-,24-/m0/s1. The third kappa shape index (κ3) is 7.00. The molecule has 2 aromatic carbocycles. The van der Waals surface area contributed by atoms with E-state index >= 15 is 0 Å². The van der Waals surface area contributed by atoms with E-state index < -0.39 is 5.25 Å². The Morgan fingerprint density at radius 1 is 1.18 bits per heavy atom. The van der Waals surface area contributed by atoms with Gasteiger partial charge >= 0.3 is 0 Å². The number of rotatable bonds is 12. The third-order valence-electron chi connectivity index (χ3n) is 6.41. The second-order valence-corrected chi connectivity index (χ2v) is 10.3. The molecule has 1 aliphatic rings. The van der Waals surface area contributed by atoms with Gasteiger partial charge in [0.2, 0.25) is 5.91 Å². The van der Waals surface area contributed by atoms with Crippen molar-refractivity contribution in [1.29, 1.82) is 0 Å². The summed E-state index contributed by atoms with van der Waals surface area (Å²) in [5, 5.41) is 6.37. The number of fused-ring (bicyclic) bond motifs is 1. The monoisotopic (exact) mass is 538 g/mol. The summed E-state index contributed by atoms with van der Waals surface area (Å²) in [5.74, 6) is -0.278. The van der Waals surface area contributed by atoms with Gasteiger partial charge in [-0.3, -0.25) is 19.0 Å². The Balaban J connectivity index is 1.54. The highest BCUT2D eigenvalue weighted by molar-refractivity contribution is 8.00. The molecule has 0 radical (unpaired) electrons. The third-order valence-corrected chi connectivity index (χ3v) is 7.77. The Labute approximate surface area is 226 Å². The van der Waals surface area contributed by atoms with E-state index in [4.69, 9.17) is 14.5 Å². The van der Waals surface area contributed by atoms with Crippen molar-refractivity contribution in [1.82, 2.24) is 20.2 Å². The molecule has 3 aromatic rings. The van der Waals surface area contributed by atoms with Gasteiger partial charge in [0, 0.05) is 32.4 Å². The number of ether oxygens (including phenoxy) is 2. The van der Waals surface area contributed by atoms with Crippen LogP contribution in [0, 0.1) is 0 Å². The molecule has 2 atom stereocenters. The van der Waals surface area contributed by atoms with Crippen LogP contribution < -0.4 is 16.2 Å². The first-order valence-corrected chi connectivity index (χ1v) is 13.8. The van der Waals surface area contributed by atoms with E-state index in [-0.39, 0.29) is 30.0 Å². The minimum absolute atomic E-state index is 0.0791. The summed E-state index contributed by atoms with van der Waals surface area (Å²) in [5.41, 5.74) is 1.80. The molecule has 0 unspecified atom stereocenters. The highest BCUT2D eigenvalue weighted by Crippen LogP contribution is 2.25. The normalized spacial score (nSPS) is 15.9. The highest BCUT2D eigenvalue weighted by atomic mass is 32.2. The summed E-state index contributed by atoms with van der Waals surface area (Å²) in [6.45, 7) is 4.28. The second kappa shape index (κ2) is 13.5. The summed E-state index contributed by atoms with van der Waals surface area (Å²) in [7, 11) is 1.58. The van der Waals surface area contributed by atoms with Gasteiger partial charge < -0.3 is 20.1 Å². The quantitative estimate of drug-likeness (QED) is 0.207. The lowest BCUT2D eigenvalue weighted by Crippen LogP contribution is -2.35. The molecule has 1 saturated heterocycles. The van der Waals surface area contributed by atoms with Gasteiger partial charge in [0.1, 0.15) is 0 Å². The summed E-state index contributed by atoms with van der Waals surface area (Å²) in [6.07, 6.45) is 2.63. The Morgan fingerprint density at radius 3 is 2.68 bits per heavy atom. The number of para-hydroxylation sites is 1. The molecule has 0 saturated carbocycles. The zero-order valence-electron chi connectivity index (χ0n) is 21.8. The highest BCUT2D eigenvalue weighted by Gasteiger charge is 2.22. The smallest absolute Gasteiger partial charge is 0.262 e. The van der Waals surface area contributed by atoms with Crippen LogP contribution in [0.4, 0.5) is 0 Å². The Morgan fingerprint density at radius 2 is 1.97 bits per heavy atom. The van der Waals surface area contributed by atoms with Gasteiger partial charge in [-0.25, -0.2) is 4.98 Å². The van der Waals surface area contributed by atoms with Crippen LogP contribution in [0.2, 0.25) is 0 Å². The molecular weight excluding hydrogens is 504 g/mol. The first-order valence-electron chi connectivity index (χ1n) is 12.9. The number of thioether (sulfide) groups is 1. The molecule has 1 aliphatic heterocycles. The maximum atomic E-state index is 13.5. The number of methoxy groups -OCH3 is 1. The molecule has 1 aromatic heterocycles. The van der Waals surface area contributed by atoms with Crippen molar-refractivity contribution in [2.45, 2.75) is 49.2 Å². The maximum Gasteiger partial charge on any atom is 0.262 e. The number of carbonyl (C=O) groups is 2. The van der Waals surface area contributed by atoms with E-state index in [0.717, 1.165) is 25.0 Å². The molecule has 0 spiro atoms. The molecule has 1 fully saturated rings. The lowest BCUT2D eigenvalue weighted by molar-refractivity contribution is -0.120. The van der Waals surface area contributed by atoms with Crippen LogP contribution >= 0.6 is 11.8 Å². The van der Waals surface area contributed by atoms with Crippen LogP contribution in [0.5, 0.6) is 0 Å². The van der Waals surface area contributed by atoms with E-state index in [2.05, 4.69) is 10.6 Å². The van der Waals surface area contributed by atoms with Gasteiger partial charge in [-0.1, -0.05) is 43.0 Å². The van der Waals surface area contributed by atoms with Crippen molar-refractivity contribution in [2.75, 3.05) is 33.4 Å². The van der Waals surface area contributed by atoms with Crippen LogP contribution in [-0.4, -0.2) is 66.1 Å². The van der Waals surface area contributed by atoms with E-state index in [1.54, 1.807) is 35.9 Å². The zero-order chi connectivity index (χ0) is 26.9. The van der Waals surface area contributed by atoms with Crippen molar-refractivity contribution < 1.29 is 19.1 Å². The number of hydrogen-bond donors (Lipinski definition) is 2. The number of hydrogen-bond acceptors (Lipinski definition) is 7. The average Bonchev–Trinajstić information content (AvgIpc) is 3.46. The maximum absolute atomic E-state index is 13.5. The van der Waals surface area contributed by atoms with E-state index in [1.807, 2.05) is 31.2 Å². The molecule has 10 heteroatoms. The van der Waals surface area contributed by atoms with Gasteiger partial charge in [-0.2, -0.15) is 0 Å². The Kier molecular flexibility index (Phi) is 9.91. The lowest BCUT2D eigenvalue weighted by Gasteiger charge is -2.18. The average molecular weight is 539 g/mol. The van der Waals surface area contributed by atoms with E-state index in [1.165, 1.54) is 11.8 Å². The van der Waals surface area contributed by atoms with Gasteiger partial charge in [0.15, 0.2) is 5.16 Å². The summed E-state index contributed by atoms with van der Waals surface area (Å²) in [4.78, 5) is 43.6. The predicted molar refractivity (Wildman–Crippen MR) is 148 cm³/mol. The molecule has 0 aliphatic carbocycles. The molecule has 2 N–H and O–H groups in total. The fourth-order valence-corrected chi connectivity index (χ4v) is 5.31. The number of carbonyl (C=O) groups excluding carboxylic acids is 2. The van der Waals surface area contributed by atoms with Crippen molar-refractivity contribution in [3.05, 3.63) is 70.0 Å². The van der Waals surface area contributed by atoms with Gasteiger partial charge in [-0.15, -0.1) is 0 Å². The van der Waals surface area contributed by atoms with Gasteiger partial charge in [0.05, 0.1) is 35.4 Å². The number of nitrogens with one attached hydrogen (secondary N) is 2. The number of aromatic nitrogens is 2. The van der Waals surface area contributed by atoms with Crippen molar-refractivity contribution in [2.24, 2.45) is 0 Å². The molecule has 2 heterocycles. The first kappa shape index (κ1) is 27.8. The zero-order valence-corrected chi connectivity index (χ0v) is 22.6. The molecule has 0 bridgehead atoms. The topological polar surface area (TPSA) is 112 Å². The van der Waals surface area contributed by atoms with Crippen LogP contribution in [0.15, 0.2) is 58.5 Å². The molecule has 2 amide bonds. The van der Waals surface area contributed by atoms with Crippen LogP contribution in [0.25, 0.3) is 10.9 Å². The summed E-state index contributed by atoms with van der Waals surface area (Å²) >= 11 is 1.28. The summed E-state index contributed by atoms with van der Waals surface area (Å²) < 4.78 is 12.2. The Bertz CT molecular complexity index is 1300. The van der Waals surface area contributed by atoms with Crippen molar-refractivity contribution in [3.8, 4) is 0 Å². The SMILES string of the molecule is CC[C@H](Sc1nc2ccccc2c(=O)n1Cc1ccc(C(=O)NC[C@@H]2CCCO2)cc1)C(=O)NCCOC. The van der Waals surface area contributed by atoms with Crippen LogP contribution in [0.3, 0.4) is 0 Å². The minimum atomic E-state index is -0.416. The van der Waals surface area contributed by atoms with Gasteiger partial charge in [-0.05, 0) is 49.1 Å². The van der Waals surface area contributed by atoms with E-state index in [0.29, 0.717) is 47.7 Å². The lowest BCUT2D eigenvalue weighted by atomic mass is 10.1. The molecule has 38 heavy (non-hydrogen) atoms.